The molecule has 2 aliphatic rings. The van der Waals surface area contributed by atoms with Crippen molar-refractivity contribution in [3.05, 3.63) is 22.4 Å². The van der Waals surface area contributed by atoms with Crippen molar-refractivity contribution in [3.63, 3.8) is 0 Å². The fourth-order valence-corrected chi connectivity index (χ4v) is 4.50. The van der Waals surface area contributed by atoms with Crippen LogP contribution in [0, 0.1) is 17.2 Å². The monoisotopic (exact) mass is 413 g/mol. The number of aliphatic hydroxyl groups is 1. The molecule has 7 heteroatoms. The number of urea groups is 1. The zero-order valence-corrected chi connectivity index (χ0v) is 18.7. The molecule has 1 aliphatic carbocycles. The van der Waals surface area contributed by atoms with E-state index >= 15 is 0 Å². The number of carbonyl (C=O) groups excluding carboxylic acids is 1. The lowest BCUT2D eigenvalue weighted by Gasteiger charge is -2.44. The number of aliphatic hydroxyl groups excluding tert-OH is 1. The fraction of sp³-hybridized carbons (Fsp3) is 0.696. The minimum atomic E-state index is -0.0668. The Bertz CT molecular complexity index is 813. The zero-order chi connectivity index (χ0) is 21.8. The molecular formula is C23H35N5O2. The Kier molecular flexibility index (Phi) is 7.19. The van der Waals surface area contributed by atoms with E-state index in [1.807, 2.05) is 11.8 Å². The van der Waals surface area contributed by atoms with Gasteiger partial charge in [-0.1, -0.05) is 27.2 Å². The quantitative estimate of drug-likeness (QED) is 0.716. The molecule has 1 atom stereocenters. The van der Waals surface area contributed by atoms with Gasteiger partial charge in [-0.15, -0.1) is 0 Å². The first-order valence-electron chi connectivity index (χ1n) is 11.3. The van der Waals surface area contributed by atoms with Gasteiger partial charge >= 0.3 is 6.03 Å². The molecule has 1 unspecified atom stereocenters. The lowest BCUT2D eigenvalue weighted by atomic mass is 9.94. The van der Waals surface area contributed by atoms with Gasteiger partial charge in [0.1, 0.15) is 11.9 Å². The van der Waals surface area contributed by atoms with Gasteiger partial charge in [0.25, 0.3) is 0 Å². The van der Waals surface area contributed by atoms with Gasteiger partial charge in [0.15, 0.2) is 0 Å². The standard InChI is InChI=1S/C23H35N5O2/c1-5-7-17-18(12-24)22(26-21(16-8-9-16)19(17)14-29)27-10-11-28(23(30)25-6-2)20(13-27)15(3)4/h15-16,20,29H,5-11,13-14H2,1-4H3,(H,25,30). The van der Waals surface area contributed by atoms with Crippen molar-refractivity contribution in [2.45, 2.75) is 71.9 Å². The van der Waals surface area contributed by atoms with Crippen molar-refractivity contribution in [1.29, 1.82) is 5.26 Å². The molecule has 1 aliphatic heterocycles. The molecule has 1 aromatic rings. The van der Waals surface area contributed by atoms with Crippen LogP contribution in [0.3, 0.4) is 0 Å². The number of amides is 2. The Morgan fingerprint density at radius 3 is 2.57 bits per heavy atom. The van der Waals surface area contributed by atoms with Gasteiger partial charge in [-0.25, -0.2) is 9.78 Å². The SMILES string of the molecule is CCCc1c(C#N)c(N2CCN(C(=O)NCC)C(C(C)C)C2)nc(C2CC2)c1CO. The molecule has 3 rings (SSSR count). The number of hydrogen-bond donors (Lipinski definition) is 2. The summed E-state index contributed by atoms with van der Waals surface area (Å²) in [6.07, 6.45) is 3.86. The molecule has 0 radical (unpaired) electrons. The van der Waals surface area contributed by atoms with Crippen molar-refractivity contribution in [1.82, 2.24) is 15.2 Å². The van der Waals surface area contributed by atoms with E-state index < -0.39 is 0 Å². The van der Waals surface area contributed by atoms with Crippen LogP contribution in [0.4, 0.5) is 10.6 Å². The van der Waals surface area contributed by atoms with Crippen molar-refractivity contribution in [3.8, 4) is 6.07 Å². The highest BCUT2D eigenvalue weighted by Crippen LogP contribution is 2.43. The third-order valence-corrected chi connectivity index (χ3v) is 6.24. The number of pyridine rings is 1. The van der Waals surface area contributed by atoms with Crippen LogP contribution in [0.2, 0.25) is 0 Å². The largest absolute Gasteiger partial charge is 0.392 e. The molecule has 1 saturated carbocycles. The van der Waals surface area contributed by atoms with Crippen LogP contribution in [0.5, 0.6) is 0 Å². The van der Waals surface area contributed by atoms with Gasteiger partial charge in [-0.3, -0.25) is 0 Å². The minimum Gasteiger partial charge on any atom is -0.392 e. The van der Waals surface area contributed by atoms with Gasteiger partial charge in [0.05, 0.1) is 23.9 Å². The van der Waals surface area contributed by atoms with E-state index in [-0.39, 0.29) is 24.6 Å². The highest BCUT2D eigenvalue weighted by molar-refractivity contribution is 5.75. The predicted molar refractivity (Wildman–Crippen MR) is 117 cm³/mol. The second kappa shape index (κ2) is 9.65. The third-order valence-electron chi connectivity index (χ3n) is 6.24. The summed E-state index contributed by atoms with van der Waals surface area (Å²) in [5.41, 5.74) is 3.39. The number of anilines is 1. The molecule has 2 fully saturated rings. The number of hydrogen-bond acceptors (Lipinski definition) is 5. The summed E-state index contributed by atoms with van der Waals surface area (Å²) < 4.78 is 0. The van der Waals surface area contributed by atoms with E-state index in [4.69, 9.17) is 4.98 Å². The van der Waals surface area contributed by atoms with Crippen molar-refractivity contribution < 1.29 is 9.90 Å². The highest BCUT2D eigenvalue weighted by atomic mass is 16.3. The maximum atomic E-state index is 12.6. The Hall–Kier alpha value is -2.33. The van der Waals surface area contributed by atoms with E-state index in [1.165, 1.54) is 0 Å². The van der Waals surface area contributed by atoms with Gasteiger partial charge in [-0.05, 0) is 37.7 Å². The third kappa shape index (κ3) is 4.39. The fourth-order valence-electron chi connectivity index (χ4n) is 4.50. The summed E-state index contributed by atoms with van der Waals surface area (Å²) in [5.74, 6) is 1.42. The number of rotatable bonds is 7. The predicted octanol–water partition coefficient (Wildman–Crippen LogP) is 3.15. The van der Waals surface area contributed by atoms with E-state index in [9.17, 15) is 15.2 Å². The molecule has 2 amide bonds. The first-order chi connectivity index (χ1) is 14.5. The van der Waals surface area contributed by atoms with Crippen molar-refractivity contribution in [2.24, 2.45) is 5.92 Å². The molecule has 7 nitrogen and oxygen atoms in total. The highest BCUT2D eigenvalue weighted by Gasteiger charge is 2.36. The molecule has 30 heavy (non-hydrogen) atoms. The number of nitrogens with zero attached hydrogens (tertiary/aromatic N) is 4. The Balaban J connectivity index is 2.00. The maximum absolute atomic E-state index is 12.6. The van der Waals surface area contributed by atoms with Gasteiger partial charge in [0, 0.05) is 37.7 Å². The average molecular weight is 414 g/mol. The lowest BCUT2D eigenvalue weighted by Crippen LogP contribution is -2.59. The summed E-state index contributed by atoms with van der Waals surface area (Å²) in [7, 11) is 0. The first-order valence-corrected chi connectivity index (χ1v) is 11.3. The summed E-state index contributed by atoms with van der Waals surface area (Å²) >= 11 is 0. The molecule has 0 bridgehead atoms. The Morgan fingerprint density at radius 1 is 1.30 bits per heavy atom. The zero-order valence-electron chi connectivity index (χ0n) is 18.7. The Labute approximate surface area is 180 Å². The van der Waals surface area contributed by atoms with Gasteiger partial charge < -0.3 is 20.2 Å². The number of aromatic nitrogens is 1. The normalized spacial score (nSPS) is 19.2. The average Bonchev–Trinajstić information content (AvgIpc) is 3.58. The molecule has 0 aromatic carbocycles. The van der Waals surface area contributed by atoms with Crippen LogP contribution in [-0.4, -0.2) is 53.2 Å². The smallest absolute Gasteiger partial charge is 0.317 e. The summed E-state index contributed by atoms with van der Waals surface area (Å²) in [6, 6.07) is 2.43. The van der Waals surface area contributed by atoms with Crippen LogP contribution < -0.4 is 10.2 Å². The van der Waals surface area contributed by atoms with Crippen LogP contribution in [0.15, 0.2) is 0 Å². The minimum absolute atomic E-state index is 0.0229. The van der Waals surface area contributed by atoms with E-state index in [0.717, 1.165) is 48.3 Å². The van der Waals surface area contributed by atoms with Crippen LogP contribution >= 0.6 is 0 Å². The number of carbonyl (C=O) groups is 1. The maximum Gasteiger partial charge on any atom is 0.317 e. The molecule has 2 heterocycles. The van der Waals surface area contributed by atoms with Crippen LogP contribution in [-0.2, 0) is 13.0 Å². The number of nitrogens with one attached hydrogen (secondary N) is 1. The van der Waals surface area contributed by atoms with E-state index in [2.05, 4.69) is 37.1 Å². The number of nitriles is 1. The van der Waals surface area contributed by atoms with Gasteiger partial charge in [-0.2, -0.15) is 5.26 Å². The number of piperazine rings is 1. The summed E-state index contributed by atoms with van der Waals surface area (Å²) in [6.45, 7) is 10.7. The molecule has 2 N–H and O–H groups in total. The van der Waals surface area contributed by atoms with Crippen LogP contribution in [0.1, 0.15) is 75.3 Å². The van der Waals surface area contributed by atoms with Gasteiger partial charge in [0.2, 0.25) is 0 Å². The molecule has 0 spiro atoms. The molecule has 1 saturated heterocycles. The molecule has 164 valence electrons. The van der Waals surface area contributed by atoms with Crippen LogP contribution in [0.25, 0.3) is 0 Å². The summed E-state index contributed by atoms with van der Waals surface area (Å²) in [5, 5.41) is 23.0. The van der Waals surface area contributed by atoms with E-state index in [1.54, 1.807) is 0 Å². The second-order valence-corrected chi connectivity index (χ2v) is 8.73. The lowest BCUT2D eigenvalue weighted by molar-refractivity contribution is 0.145. The Morgan fingerprint density at radius 2 is 2.03 bits per heavy atom. The first kappa shape index (κ1) is 22.4. The molecule has 1 aromatic heterocycles. The molecular weight excluding hydrogens is 378 g/mol. The summed E-state index contributed by atoms with van der Waals surface area (Å²) in [4.78, 5) is 21.6. The second-order valence-electron chi connectivity index (χ2n) is 8.73. The van der Waals surface area contributed by atoms with E-state index in [0.29, 0.717) is 37.7 Å². The topological polar surface area (TPSA) is 92.5 Å². The van der Waals surface area contributed by atoms with Crippen molar-refractivity contribution >= 4 is 11.8 Å². The van der Waals surface area contributed by atoms with Crippen molar-refractivity contribution in [2.75, 3.05) is 31.1 Å².